The first-order chi connectivity index (χ1) is 7.68. The molecule has 0 saturated carbocycles. The van der Waals surface area contributed by atoms with E-state index in [0.717, 1.165) is 31.5 Å². The quantitative estimate of drug-likeness (QED) is 0.740. The van der Waals surface area contributed by atoms with Crippen LogP contribution in [0.4, 0.5) is 0 Å². The molecule has 0 aliphatic carbocycles. The Kier molecular flexibility index (Phi) is 3.49. The number of rotatable bonds is 2. The van der Waals surface area contributed by atoms with Crippen LogP contribution in [0, 0.1) is 0 Å². The van der Waals surface area contributed by atoms with Gasteiger partial charge < -0.3 is 4.90 Å². The van der Waals surface area contributed by atoms with Crippen LogP contribution in [-0.4, -0.2) is 33.7 Å². The zero-order valence-electron chi connectivity index (χ0n) is 9.40. The Morgan fingerprint density at radius 3 is 2.69 bits per heavy atom. The highest BCUT2D eigenvalue weighted by Crippen LogP contribution is 2.24. The van der Waals surface area contributed by atoms with Crippen LogP contribution in [0.15, 0.2) is 12.4 Å². The van der Waals surface area contributed by atoms with Crippen LogP contribution in [0.2, 0.25) is 0 Å². The molecule has 1 unspecified atom stereocenters. The van der Waals surface area contributed by atoms with Crippen LogP contribution in [0.25, 0.3) is 0 Å². The molecule has 1 amide bonds. The van der Waals surface area contributed by atoms with Crippen molar-refractivity contribution in [3.05, 3.63) is 18.0 Å². The van der Waals surface area contributed by atoms with E-state index < -0.39 is 5.38 Å². The molecular weight excluding hydrogens is 226 g/mol. The lowest BCUT2D eigenvalue weighted by molar-refractivity contribution is -0.131. The average molecular weight is 242 g/mol. The molecule has 5 heteroatoms. The molecule has 2 heterocycles. The Morgan fingerprint density at radius 1 is 1.44 bits per heavy atom. The van der Waals surface area contributed by atoms with Crippen molar-refractivity contribution in [1.82, 2.24) is 14.7 Å². The van der Waals surface area contributed by atoms with E-state index >= 15 is 0 Å². The molecule has 1 saturated heterocycles. The molecule has 0 bridgehead atoms. The molecule has 4 nitrogen and oxygen atoms in total. The molecule has 1 atom stereocenters. The van der Waals surface area contributed by atoms with Gasteiger partial charge in [-0.25, -0.2) is 0 Å². The van der Waals surface area contributed by atoms with Gasteiger partial charge in [-0.15, -0.1) is 11.6 Å². The van der Waals surface area contributed by atoms with E-state index in [9.17, 15) is 4.79 Å². The van der Waals surface area contributed by atoms with E-state index in [1.807, 2.05) is 11.9 Å². The molecular formula is C11H16ClN3O. The van der Waals surface area contributed by atoms with Gasteiger partial charge in [0.15, 0.2) is 0 Å². The van der Waals surface area contributed by atoms with Gasteiger partial charge in [0, 0.05) is 31.9 Å². The highest BCUT2D eigenvalue weighted by Gasteiger charge is 2.25. The van der Waals surface area contributed by atoms with Gasteiger partial charge >= 0.3 is 0 Å². The second-order valence-electron chi connectivity index (χ2n) is 4.20. The minimum atomic E-state index is -0.591. The summed E-state index contributed by atoms with van der Waals surface area (Å²) >= 11 is 6.16. The van der Waals surface area contributed by atoms with Crippen molar-refractivity contribution in [1.29, 1.82) is 0 Å². The normalized spacial score (nSPS) is 18.5. The minimum absolute atomic E-state index is 0.00867. The Balaban J connectivity index is 2.03. The van der Waals surface area contributed by atoms with Crippen LogP contribution in [-0.2, 0) is 11.8 Å². The summed E-state index contributed by atoms with van der Waals surface area (Å²) in [6, 6.07) is 0. The van der Waals surface area contributed by atoms with E-state index in [1.54, 1.807) is 17.1 Å². The zero-order valence-corrected chi connectivity index (χ0v) is 10.2. The standard InChI is InChI=1S/C11H16ClN3O/c1-14-8-9(7-13-14)10(12)11(16)15-5-3-2-4-6-15/h7-8,10H,2-6H2,1H3. The predicted octanol–water partition coefficient (Wildman–Crippen LogP) is 1.71. The van der Waals surface area contributed by atoms with Crippen LogP contribution >= 0.6 is 11.6 Å². The van der Waals surface area contributed by atoms with Gasteiger partial charge in [-0.2, -0.15) is 5.10 Å². The molecule has 0 radical (unpaired) electrons. The Hall–Kier alpha value is -1.03. The van der Waals surface area contributed by atoms with Crippen LogP contribution in [0.5, 0.6) is 0 Å². The Morgan fingerprint density at radius 2 is 2.12 bits per heavy atom. The van der Waals surface area contributed by atoms with Gasteiger partial charge in [0.25, 0.3) is 0 Å². The maximum absolute atomic E-state index is 12.1. The van der Waals surface area contributed by atoms with Crippen molar-refractivity contribution in [2.24, 2.45) is 7.05 Å². The first kappa shape index (κ1) is 11.5. The molecule has 2 rings (SSSR count). The lowest BCUT2D eigenvalue weighted by Gasteiger charge is -2.28. The van der Waals surface area contributed by atoms with Gasteiger partial charge in [0.05, 0.1) is 6.20 Å². The van der Waals surface area contributed by atoms with Crippen molar-refractivity contribution in [3.8, 4) is 0 Å². The molecule has 1 aromatic rings. The monoisotopic (exact) mass is 241 g/mol. The molecule has 88 valence electrons. The molecule has 1 aliphatic heterocycles. The summed E-state index contributed by atoms with van der Waals surface area (Å²) in [7, 11) is 1.82. The maximum atomic E-state index is 12.1. The lowest BCUT2D eigenvalue weighted by Crippen LogP contribution is -2.37. The van der Waals surface area contributed by atoms with Crippen molar-refractivity contribution in [2.45, 2.75) is 24.6 Å². The van der Waals surface area contributed by atoms with Gasteiger partial charge in [0.1, 0.15) is 5.38 Å². The molecule has 0 N–H and O–H groups in total. The third-order valence-electron chi connectivity index (χ3n) is 2.90. The van der Waals surface area contributed by atoms with E-state index in [-0.39, 0.29) is 5.91 Å². The number of alkyl halides is 1. The summed E-state index contributed by atoms with van der Waals surface area (Å²) in [5.41, 5.74) is 0.778. The Bertz CT molecular complexity index is 371. The number of hydrogen-bond acceptors (Lipinski definition) is 2. The first-order valence-corrected chi connectivity index (χ1v) is 6.03. The molecule has 1 aromatic heterocycles. The van der Waals surface area contributed by atoms with Crippen molar-refractivity contribution < 1.29 is 4.79 Å². The third-order valence-corrected chi connectivity index (χ3v) is 3.34. The number of likely N-dealkylation sites (tertiary alicyclic amines) is 1. The van der Waals surface area contributed by atoms with Gasteiger partial charge in [-0.3, -0.25) is 9.48 Å². The second-order valence-corrected chi connectivity index (χ2v) is 4.63. The maximum Gasteiger partial charge on any atom is 0.245 e. The van der Waals surface area contributed by atoms with E-state index in [2.05, 4.69) is 5.10 Å². The number of amides is 1. The average Bonchev–Trinajstić information content (AvgIpc) is 2.75. The number of nitrogens with zero attached hydrogens (tertiary/aromatic N) is 3. The van der Waals surface area contributed by atoms with Crippen LogP contribution < -0.4 is 0 Å². The topological polar surface area (TPSA) is 38.1 Å². The summed E-state index contributed by atoms with van der Waals surface area (Å²) in [6.45, 7) is 1.67. The van der Waals surface area contributed by atoms with Gasteiger partial charge in [-0.1, -0.05) is 0 Å². The van der Waals surface area contributed by atoms with Gasteiger partial charge in [0.2, 0.25) is 5.91 Å². The van der Waals surface area contributed by atoms with E-state index in [0.29, 0.717) is 0 Å². The number of piperidine rings is 1. The number of aromatic nitrogens is 2. The smallest absolute Gasteiger partial charge is 0.245 e. The van der Waals surface area contributed by atoms with Crippen LogP contribution in [0.1, 0.15) is 30.2 Å². The predicted molar refractivity (Wildman–Crippen MR) is 62.2 cm³/mol. The van der Waals surface area contributed by atoms with Crippen LogP contribution in [0.3, 0.4) is 0 Å². The molecule has 16 heavy (non-hydrogen) atoms. The van der Waals surface area contributed by atoms with Gasteiger partial charge in [-0.05, 0) is 19.3 Å². The third kappa shape index (κ3) is 2.38. The molecule has 1 fully saturated rings. The summed E-state index contributed by atoms with van der Waals surface area (Å²) < 4.78 is 1.66. The fourth-order valence-electron chi connectivity index (χ4n) is 1.99. The number of halogens is 1. The molecule has 0 aromatic carbocycles. The minimum Gasteiger partial charge on any atom is -0.341 e. The SMILES string of the molecule is Cn1cc(C(Cl)C(=O)N2CCCCC2)cn1. The highest BCUT2D eigenvalue weighted by atomic mass is 35.5. The number of carbonyl (C=O) groups excluding carboxylic acids is 1. The number of carbonyl (C=O) groups is 1. The van der Waals surface area contributed by atoms with Crippen molar-refractivity contribution in [2.75, 3.05) is 13.1 Å². The fourth-order valence-corrected chi connectivity index (χ4v) is 2.24. The summed E-state index contributed by atoms with van der Waals surface area (Å²) in [5, 5.41) is 3.44. The largest absolute Gasteiger partial charge is 0.341 e. The fraction of sp³-hybridized carbons (Fsp3) is 0.636. The number of aryl methyl sites for hydroxylation is 1. The Labute approximate surface area is 100 Å². The molecule has 0 spiro atoms. The second kappa shape index (κ2) is 4.87. The zero-order chi connectivity index (χ0) is 11.5. The first-order valence-electron chi connectivity index (χ1n) is 5.60. The van der Waals surface area contributed by atoms with Crippen molar-refractivity contribution >= 4 is 17.5 Å². The molecule has 1 aliphatic rings. The number of hydrogen-bond donors (Lipinski definition) is 0. The van der Waals surface area contributed by atoms with Crippen molar-refractivity contribution in [3.63, 3.8) is 0 Å². The lowest BCUT2D eigenvalue weighted by atomic mass is 10.1. The van der Waals surface area contributed by atoms with E-state index in [1.165, 1.54) is 6.42 Å². The summed E-state index contributed by atoms with van der Waals surface area (Å²) in [5.74, 6) is 0.00867. The van der Waals surface area contributed by atoms with E-state index in [4.69, 9.17) is 11.6 Å². The summed E-state index contributed by atoms with van der Waals surface area (Å²) in [4.78, 5) is 13.9. The summed E-state index contributed by atoms with van der Waals surface area (Å²) in [6.07, 6.45) is 6.83. The highest BCUT2D eigenvalue weighted by molar-refractivity contribution is 6.30.